The van der Waals surface area contributed by atoms with Crippen LogP contribution in [0.3, 0.4) is 0 Å². The summed E-state index contributed by atoms with van der Waals surface area (Å²) in [5.74, 6) is -8.24. The predicted molar refractivity (Wildman–Crippen MR) is 323 cm³/mol. The minimum Gasteiger partial charge on any atom is -0.467 e. The molecule has 2 fully saturated rings. The molecule has 24 nitrogen and oxygen atoms in total. The second kappa shape index (κ2) is 29.8. The van der Waals surface area contributed by atoms with Gasteiger partial charge in [-0.3, -0.25) is 28.8 Å². The van der Waals surface area contributed by atoms with Crippen molar-refractivity contribution < 1.29 is 85.8 Å². The number of benzene rings is 4. The highest BCUT2D eigenvalue weighted by molar-refractivity contribution is 5.97. The molecule has 0 aromatic heterocycles. The van der Waals surface area contributed by atoms with E-state index in [-0.39, 0.29) is 51.8 Å². The van der Waals surface area contributed by atoms with Crippen LogP contribution in [0.5, 0.6) is 0 Å². The van der Waals surface area contributed by atoms with Crippen LogP contribution in [0.15, 0.2) is 109 Å². The molecule has 5 amide bonds. The monoisotopic (exact) mass is 1240 g/mol. The molecule has 1 aliphatic carbocycles. The van der Waals surface area contributed by atoms with E-state index in [0.29, 0.717) is 5.56 Å². The number of esters is 4. The van der Waals surface area contributed by atoms with Gasteiger partial charge in [-0.05, 0) is 103 Å². The fraction of sp³-hybridized carbons (Fsp3) is 0.492. The fourth-order valence-electron chi connectivity index (χ4n) is 9.62. The summed E-state index contributed by atoms with van der Waals surface area (Å²) in [6, 6.07) is 28.6. The number of rotatable bonds is 21. The van der Waals surface area contributed by atoms with E-state index in [0.717, 1.165) is 42.0 Å². The van der Waals surface area contributed by atoms with E-state index in [9.17, 15) is 43.2 Å². The van der Waals surface area contributed by atoms with Crippen LogP contribution in [-0.4, -0.2) is 159 Å². The first kappa shape index (κ1) is 69.8. The van der Waals surface area contributed by atoms with Crippen LogP contribution >= 0.6 is 0 Å². The lowest BCUT2D eigenvalue weighted by Gasteiger charge is -2.42. The van der Waals surface area contributed by atoms with Crippen molar-refractivity contribution in [3.8, 4) is 11.1 Å². The Kier molecular flexibility index (Phi) is 23.4. The molecule has 0 spiro atoms. The van der Waals surface area contributed by atoms with E-state index >= 15 is 0 Å². The molecule has 0 unspecified atom stereocenters. The zero-order valence-corrected chi connectivity index (χ0v) is 52.6. The number of carbonyl (C=O) groups excluding carboxylic acids is 9. The van der Waals surface area contributed by atoms with Crippen LogP contribution in [0.1, 0.15) is 110 Å². The van der Waals surface area contributed by atoms with E-state index in [2.05, 4.69) is 26.6 Å². The van der Waals surface area contributed by atoms with E-state index in [4.69, 9.17) is 48.4 Å². The van der Waals surface area contributed by atoms with Crippen LogP contribution in [0, 0.1) is 0 Å². The van der Waals surface area contributed by atoms with Gasteiger partial charge < -0.3 is 74.9 Å². The molecule has 0 radical (unpaired) electrons. The number of hydrogen-bond acceptors (Lipinski definition) is 19. The van der Waals surface area contributed by atoms with E-state index in [1.54, 1.807) is 124 Å². The van der Waals surface area contributed by atoms with Crippen molar-refractivity contribution in [1.29, 1.82) is 0 Å². The third kappa shape index (κ3) is 20.4. The molecule has 2 saturated heterocycles. The maximum Gasteiger partial charge on any atom is 0.408 e. The Labute approximate surface area is 518 Å². The van der Waals surface area contributed by atoms with Gasteiger partial charge in [0.25, 0.3) is 5.91 Å². The van der Waals surface area contributed by atoms with Gasteiger partial charge in [0.15, 0.2) is 17.1 Å². The molecule has 482 valence electrons. The SMILES string of the molecule is COC(=O)[C@H](CC(=O)OC(C)(C)C)NC(=O)[C@H](Cc1ccccc1)NC(=O)C1(N)COC(C)(C)OC1.COC(=O)[C@H](CC(=O)OC(C)(C)C)NC(=O)[C@H](Cc1ccccc1)NC(=O)C1(NC(=O)OCC2c3ccccc3-c3ccccc32)COC(C)(C)OC1. The first-order chi connectivity index (χ1) is 41.7. The second-order valence-electron chi connectivity index (χ2n) is 24.8. The number of ether oxygens (including phenoxy) is 9. The van der Waals surface area contributed by atoms with Gasteiger partial charge in [0.1, 0.15) is 47.5 Å². The van der Waals surface area contributed by atoms with Gasteiger partial charge in [0.2, 0.25) is 17.7 Å². The number of fused-ring (bicyclic) bond motifs is 3. The molecular weight excluding hydrogens is 1150 g/mol. The van der Waals surface area contributed by atoms with Crippen LogP contribution in [-0.2, 0) is 93.8 Å². The molecule has 0 bridgehead atoms. The van der Waals surface area contributed by atoms with Gasteiger partial charge >= 0.3 is 30.0 Å². The number of carbonyl (C=O) groups is 9. The molecule has 7 rings (SSSR count). The molecule has 4 atom stereocenters. The number of nitrogens with one attached hydrogen (secondary N) is 5. The van der Waals surface area contributed by atoms with Gasteiger partial charge in [0, 0.05) is 18.8 Å². The Morgan fingerprint density at radius 2 is 0.888 bits per heavy atom. The highest BCUT2D eigenvalue weighted by atomic mass is 16.7. The zero-order valence-electron chi connectivity index (χ0n) is 52.6. The highest BCUT2D eigenvalue weighted by Crippen LogP contribution is 2.44. The Balaban J connectivity index is 0.000000306. The largest absolute Gasteiger partial charge is 0.467 e. The van der Waals surface area contributed by atoms with Crippen molar-refractivity contribution in [3.63, 3.8) is 0 Å². The summed E-state index contributed by atoms with van der Waals surface area (Å²) in [5.41, 5.74) is 6.88. The van der Waals surface area contributed by atoms with Crippen molar-refractivity contribution in [2.24, 2.45) is 5.73 Å². The number of nitrogens with two attached hydrogens (primary N) is 1. The maximum absolute atomic E-state index is 14.3. The predicted octanol–water partition coefficient (Wildman–Crippen LogP) is 4.75. The second-order valence-corrected chi connectivity index (χ2v) is 24.8. The average Bonchev–Trinajstić information content (AvgIpc) is 1.80. The fourth-order valence-corrected chi connectivity index (χ4v) is 9.62. The van der Waals surface area contributed by atoms with Crippen molar-refractivity contribution >= 4 is 53.6 Å². The summed E-state index contributed by atoms with van der Waals surface area (Å²) in [4.78, 5) is 118. The van der Waals surface area contributed by atoms with Crippen LogP contribution < -0.4 is 32.3 Å². The van der Waals surface area contributed by atoms with Crippen LogP contribution in [0.25, 0.3) is 11.1 Å². The summed E-state index contributed by atoms with van der Waals surface area (Å²) in [6.07, 6.45) is -1.75. The van der Waals surface area contributed by atoms with Crippen molar-refractivity contribution in [1.82, 2.24) is 26.6 Å². The number of methoxy groups -OCH3 is 2. The lowest BCUT2D eigenvalue weighted by atomic mass is 9.97. The average molecular weight is 1240 g/mol. The van der Waals surface area contributed by atoms with Crippen molar-refractivity contribution in [3.05, 3.63) is 131 Å². The molecule has 89 heavy (non-hydrogen) atoms. The third-order valence-corrected chi connectivity index (χ3v) is 14.3. The number of hydrogen-bond donors (Lipinski definition) is 6. The standard InChI is InChI=1S/C40H47N3O10.C25H37N3O8/c1-38(2,3)53-33(44)21-32(35(46)49-6)41-34(45)31(20-25-14-8-7-9-15-25)42-36(47)40(23-51-39(4,5)52-24-40)43-37(48)50-22-30-28-18-12-10-16-26(28)27-17-11-13-19-29(27)30;1-23(2,3)36-19(29)13-18(21(31)33-6)27-20(30)17(12-16-10-8-7-9-11-16)28-22(32)25(26)14-34-24(4,5)35-15-25/h7-19,30-32H,20-24H2,1-6H3,(H,41,45)(H,42,47)(H,43,48);7-11,17-18H,12-15,26H2,1-6H3,(H,27,30)(H,28,32)/t31-,32-;17-,18-/m00/s1. The van der Waals surface area contributed by atoms with Crippen molar-refractivity contribution in [2.45, 2.75) is 159 Å². The lowest BCUT2D eigenvalue weighted by molar-refractivity contribution is -0.266. The Morgan fingerprint density at radius 1 is 0.517 bits per heavy atom. The molecule has 2 heterocycles. The molecular formula is C65H84N6O18. The molecule has 7 N–H and O–H groups in total. The van der Waals surface area contributed by atoms with Gasteiger partial charge in [-0.1, -0.05) is 109 Å². The van der Waals surface area contributed by atoms with Gasteiger partial charge in [-0.25, -0.2) is 14.4 Å². The van der Waals surface area contributed by atoms with Crippen LogP contribution in [0.2, 0.25) is 0 Å². The summed E-state index contributed by atoms with van der Waals surface area (Å²) >= 11 is 0. The van der Waals surface area contributed by atoms with Crippen molar-refractivity contribution in [2.75, 3.05) is 47.3 Å². The molecule has 24 heteroatoms. The molecule has 4 aromatic rings. The minimum absolute atomic E-state index is 0.00360. The third-order valence-electron chi connectivity index (χ3n) is 14.3. The minimum atomic E-state index is -1.81. The summed E-state index contributed by atoms with van der Waals surface area (Å²) < 4.78 is 48.8. The van der Waals surface area contributed by atoms with E-state index < -0.39 is 124 Å². The quantitative estimate of drug-likeness (QED) is 0.0484. The summed E-state index contributed by atoms with van der Waals surface area (Å²) in [5, 5.41) is 13.1. The highest BCUT2D eigenvalue weighted by Gasteiger charge is 2.49. The van der Waals surface area contributed by atoms with Gasteiger partial charge in [0.05, 0.1) is 53.5 Å². The first-order valence-electron chi connectivity index (χ1n) is 29.1. The Morgan fingerprint density at radius 3 is 1.28 bits per heavy atom. The Bertz CT molecular complexity index is 3090. The molecule has 3 aliphatic rings. The van der Waals surface area contributed by atoms with E-state index in [1.165, 1.54) is 0 Å². The first-order valence-corrected chi connectivity index (χ1v) is 29.1. The van der Waals surface area contributed by atoms with E-state index in [1.807, 2.05) is 54.6 Å². The molecule has 2 aliphatic heterocycles. The van der Waals surface area contributed by atoms with Gasteiger partial charge in [-0.15, -0.1) is 0 Å². The Hall–Kier alpha value is -8.29. The number of alkyl carbamates (subject to hydrolysis) is 1. The maximum atomic E-state index is 14.3. The summed E-state index contributed by atoms with van der Waals surface area (Å²) in [6.45, 7) is 16.0. The topological polar surface area (TPSA) is 323 Å². The van der Waals surface area contributed by atoms with Gasteiger partial charge in [-0.2, -0.15) is 0 Å². The lowest BCUT2D eigenvalue weighted by Crippen LogP contribution is -2.70. The van der Waals surface area contributed by atoms with Crippen LogP contribution in [0.4, 0.5) is 4.79 Å². The molecule has 0 saturated carbocycles. The normalized spacial score (nSPS) is 17.4. The molecule has 4 aromatic carbocycles. The smallest absolute Gasteiger partial charge is 0.408 e. The number of amides is 5. The summed E-state index contributed by atoms with van der Waals surface area (Å²) in [7, 11) is 2.27. The zero-order chi connectivity index (χ0) is 65.5.